The lowest BCUT2D eigenvalue weighted by molar-refractivity contribution is 0.357. The van der Waals surface area contributed by atoms with Crippen molar-refractivity contribution in [2.24, 2.45) is 0 Å². The number of piperidine rings is 1. The van der Waals surface area contributed by atoms with Gasteiger partial charge in [-0.3, -0.25) is 0 Å². The van der Waals surface area contributed by atoms with Crippen LogP contribution in [0.4, 0.5) is 17.2 Å². The Morgan fingerprint density at radius 1 is 0.769 bits per heavy atom. The Kier molecular flexibility index (Phi) is 6.48. The molecule has 1 saturated carbocycles. The maximum Gasteiger partial charge on any atom is 0.326 e. The van der Waals surface area contributed by atoms with Crippen LogP contribution in [0.15, 0.2) is 73.1 Å². The highest BCUT2D eigenvalue weighted by Crippen LogP contribution is 2.35. The fourth-order valence-electron chi connectivity index (χ4n) is 6.08. The number of nitrogens with one attached hydrogen (secondary N) is 1. The highest BCUT2D eigenvalue weighted by atomic mass is 16.5. The van der Waals surface area contributed by atoms with Gasteiger partial charge in [-0.05, 0) is 67.8 Å². The van der Waals surface area contributed by atoms with Gasteiger partial charge in [0.2, 0.25) is 0 Å². The van der Waals surface area contributed by atoms with E-state index in [0.29, 0.717) is 17.9 Å². The van der Waals surface area contributed by atoms with Crippen LogP contribution in [0.5, 0.6) is 11.8 Å². The fourth-order valence-corrected chi connectivity index (χ4v) is 6.08. The Morgan fingerprint density at radius 2 is 1.54 bits per heavy atom. The molecular weight excluding hydrogens is 484 g/mol. The summed E-state index contributed by atoms with van der Waals surface area (Å²) in [6.45, 7) is 2.26. The zero-order valence-corrected chi connectivity index (χ0v) is 22.2. The van der Waals surface area contributed by atoms with Gasteiger partial charge in [0.15, 0.2) is 17.0 Å². The quantitative estimate of drug-likeness (QED) is 0.246. The van der Waals surface area contributed by atoms with Gasteiger partial charge in [0, 0.05) is 35.9 Å². The molecule has 0 radical (unpaired) electrons. The van der Waals surface area contributed by atoms with E-state index in [9.17, 15) is 0 Å². The number of aromatic nitrogens is 4. The number of nitrogens with zero attached hydrogens (tertiary/aromatic N) is 5. The second-order valence-corrected chi connectivity index (χ2v) is 10.8. The topological polar surface area (TPSA) is 68.1 Å². The molecule has 1 N–H and O–H groups in total. The van der Waals surface area contributed by atoms with Gasteiger partial charge in [0.25, 0.3) is 0 Å². The molecule has 0 unspecified atom stereocenters. The van der Waals surface area contributed by atoms with Crippen LogP contribution < -0.4 is 15.0 Å². The van der Waals surface area contributed by atoms with Gasteiger partial charge in [0.05, 0.1) is 6.33 Å². The lowest BCUT2D eigenvalue weighted by Crippen LogP contribution is -2.29. The van der Waals surface area contributed by atoms with E-state index < -0.39 is 0 Å². The molecule has 0 spiro atoms. The molecule has 5 aromatic rings. The molecule has 0 bridgehead atoms. The number of hydrogen-bond acceptors (Lipinski definition) is 6. The number of imidazole rings is 1. The number of benzene rings is 3. The molecule has 1 saturated heterocycles. The molecule has 1 aliphatic heterocycles. The largest absolute Gasteiger partial charge is 0.424 e. The van der Waals surface area contributed by atoms with Crippen molar-refractivity contribution in [2.75, 3.05) is 23.3 Å². The molecule has 3 heterocycles. The third kappa shape index (κ3) is 4.89. The Hall–Kier alpha value is -4.13. The minimum absolute atomic E-state index is 0.323. The smallest absolute Gasteiger partial charge is 0.326 e. The van der Waals surface area contributed by atoms with E-state index in [0.717, 1.165) is 59.3 Å². The summed E-state index contributed by atoms with van der Waals surface area (Å²) in [5.74, 6) is 1.41. The van der Waals surface area contributed by atoms with Gasteiger partial charge in [-0.15, -0.1) is 0 Å². The normalized spacial score (nSPS) is 16.6. The van der Waals surface area contributed by atoms with Crippen molar-refractivity contribution >= 4 is 39.1 Å². The number of ether oxygens (including phenoxy) is 1. The van der Waals surface area contributed by atoms with Crippen LogP contribution in [-0.2, 0) is 0 Å². The standard InChI is InChI=1S/C32H34N6O/c1-3-12-26(13-4-1)38-22-33-29-30(34-24-16-18-25(19-17-24)37-20-7-2-8-21-37)35-32(36-31(29)38)39-28-15-9-11-23-10-5-6-14-27(23)28/h5-6,9-11,14-19,22,26H,1-4,7-8,12-13,20-21H2,(H,34,35,36). The molecule has 2 aliphatic rings. The first-order valence-corrected chi connectivity index (χ1v) is 14.3. The van der Waals surface area contributed by atoms with Gasteiger partial charge in [0.1, 0.15) is 5.75 Å². The van der Waals surface area contributed by atoms with Crippen molar-refractivity contribution in [3.63, 3.8) is 0 Å². The molecule has 0 amide bonds. The fraction of sp³-hybridized carbons (Fsp3) is 0.344. The van der Waals surface area contributed by atoms with E-state index in [-0.39, 0.29) is 0 Å². The van der Waals surface area contributed by atoms with Crippen molar-refractivity contribution in [3.05, 3.63) is 73.1 Å². The van der Waals surface area contributed by atoms with E-state index in [1.165, 1.54) is 44.2 Å². The monoisotopic (exact) mass is 518 g/mol. The number of rotatable bonds is 6. The summed E-state index contributed by atoms with van der Waals surface area (Å²) >= 11 is 0. The van der Waals surface area contributed by atoms with Crippen molar-refractivity contribution in [1.82, 2.24) is 19.5 Å². The van der Waals surface area contributed by atoms with Crippen molar-refractivity contribution < 1.29 is 4.74 Å². The molecule has 7 nitrogen and oxygen atoms in total. The van der Waals surface area contributed by atoms with Crippen LogP contribution in [0.2, 0.25) is 0 Å². The Balaban J connectivity index is 1.25. The number of anilines is 3. The van der Waals surface area contributed by atoms with Crippen molar-refractivity contribution in [3.8, 4) is 11.8 Å². The summed E-state index contributed by atoms with van der Waals surface area (Å²) < 4.78 is 8.61. The highest BCUT2D eigenvalue weighted by Gasteiger charge is 2.22. The van der Waals surface area contributed by atoms with Crippen molar-refractivity contribution in [2.45, 2.75) is 57.4 Å². The van der Waals surface area contributed by atoms with Crippen molar-refractivity contribution in [1.29, 1.82) is 0 Å². The first kappa shape index (κ1) is 23.9. The molecular formula is C32H34N6O. The van der Waals surface area contributed by atoms with Crippen LogP contribution in [0.3, 0.4) is 0 Å². The van der Waals surface area contributed by atoms with E-state index in [2.05, 4.69) is 57.2 Å². The molecule has 2 fully saturated rings. The van der Waals surface area contributed by atoms with Gasteiger partial charge < -0.3 is 19.5 Å². The minimum atomic E-state index is 0.323. The summed E-state index contributed by atoms with van der Waals surface area (Å²) in [6, 6.07) is 23.7. The Labute approximate surface area is 228 Å². The molecule has 39 heavy (non-hydrogen) atoms. The third-order valence-electron chi connectivity index (χ3n) is 8.17. The number of hydrogen-bond donors (Lipinski definition) is 1. The predicted octanol–water partition coefficient (Wildman–Crippen LogP) is 8.01. The van der Waals surface area contributed by atoms with Gasteiger partial charge >= 0.3 is 6.01 Å². The highest BCUT2D eigenvalue weighted by molar-refractivity contribution is 5.89. The van der Waals surface area contributed by atoms with E-state index in [1.807, 2.05) is 30.6 Å². The molecule has 1 aliphatic carbocycles. The molecule has 198 valence electrons. The second-order valence-electron chi connectivity index (χ2n) is 10.8. The lowest BCUT2D eigenvalue weighted by Gasteiger charge is -2.28. The molecule has 0 atom stereocenters. The zero-order chi connectivity index (χ0) is 26.0. The maximum atomic E-state index is 6.38. The molecule has 2 aromatic heterocycles. The first-order chi connectivity index (χ1) is 19.3. The Morgan fingerprint density at radius 3 is 2.38 bits per heavy atom. The molecule has 7 rings (SSSR count). The van der Waals surface area contributed by atoms with Gasteiger partial charge in [-0.2, -0.15) is 9.97 Å². The van der Waals surface area contributed by atoms with E-state index in [4.69, 9.17) is 19.7 Å². The molecule has 3 aromatic carbocycles. The van der Waals surface area contributed by atoms with Gasteiger partial charge in [-0.25, -0.2) is 4.98 Å². The van der Waals surface area contributed by atoms with Crippen LogP contribution in [-0.4, -0.2) is 32.6 Å². The number of fused-ring (bicyclic) bond motifs is 2. The summed E-state index contributed by atoms with van der Waals surface area (Å²) in [5, 5.41) is 5.69. The summed E-state index contributed by atoms with van der Waals surface area (Å²) in [6.07, 6.45) is 11.9. The zero-order valence-electron chi connectivity index (χ0n) is 22.2. The van der Waals surface area contributed by atoms with Crippen LogP contribution in [0.1, 0.15) is 57.4 Å². The lowest BCUT2D eigenvalue weighted by atomic mass is 9.95. The average Bonchev–Trinajstić information content (AvgIpc) is 3.43. The maximum absolute atomic E-state index is 6.38. The molecule has 7 heteroatoms. The average molecular weight is 519 g/mol. The van der Waals surface area contributed by atoms with Crippen LogP contribution >= 0.6 is 0 Å². The SMILES string of the molecule is c1ccc2c(Oc3nc(Nc4ccc(N5CCCCC5)cc4)c4ncn(C5CCCCC5)c4n3)cccc2c1. The van der Waals surface area contributed by atoms with Gasteiger partial charge in [-0.1, -0.05) is 55.7 Å². The summed E-state index contributed by atoms with van der Waals surface area (Å²) in [4.78, 5) is 17.0. The second kappa shape index (κ2) is 10.6. The van der Waals surface area contributed by atoms with Crippen LogP contribution in [0, 0.1) is 0 Å². The third-order valence-corrected chi connectivity index (χ3v) is 8.17. The summed E-state index contributed by atoms with van der Waals surface area (Å²) in [7, 11) is 0. The summed E-state index contributed by atoms with van der Waals surface area (Å²) in [5.41, 5.74) is 3.83. The van der Waals surface area contributed by atoms with E-state index in [1.54, 1.807) is 0 Å². The predicted molar refractivity (Wildman–Crippen MR) is 157 cm³/mol. The Bertz CT molecular complexity index is 1580. The van der Waals surface area contributed by atoms with E-state index >= 15 is 0 Å². The van der Waals surface area contributed by atoms with Crippen LogP contribution in [0.25, 0.3) is 21.9 Å². The first-order valence-electron chi connectivity index (χ1n) is 14.3. The minimum Gasteiger partial charge on any atom is -0.424 e.